The van der Waals surface area contributed by atoms with E-state index in [4.69, 9.17) is 9.72 Å². The first-order chi connectivity index (χ1) is 18.0. The standard InChI is InChI=1S/C28H24FN7O/c1-36(2)15-16-8-18(14-30-13-16)22-4-5-24-27(33-22)28(35-34-24)25-12-21-23(32-25)6-7-31-26(21)17-9-19(29)11-20(10-17)37-3/h4-14,32H,15H2,1-3H3,(H,34,35). The molecule has 9 heteroatoms. The van der Waals surface area contributed by atoms with Crippen molar-refractivity contribution in [1.29, 1.82) is 0 Å². The summed E-state index contributed by atoms with van der Waals surface area (Å²) in [7, 11) is 5.57. The lowest BCUT2D eigenvalue weighted by molar-refractivity contribution is 0.402. The highest BCUT2D eigenvalue weighted by Crippen LogP contribution is 2.34. The Morgan fingerprint density at radius 2 is 1.84 bits per heavy atom. The largest absolute Gasteiger partial charge is 0.497 e. The fourth-order valence-electron chi connectivity index (χ4n) is 4.56. The molecule has 1 aromatic carbocycles. The fourth-order valence-corrected chi connectivity index (χ4v) is 4.56. The van der Waals surface area contributed by atoms with Crippen molar-refractivity contribution in [1.82, 2.24) is 35.0 Å². The Kier molecular flexibility index (Phi) is 5.61. The lowest BCUT2D eigenvalue weighted by Gasteiger charge is -2.10. The van der Waals surface area contributed by atoms with E-state index in [9.17, 15) is 4.39 Å². The quantitative estimate of drug-likeness (QED) is 0.321. The average molecular weight is 494 g/mol. The summed E-state index contributed by atoms with van der Waals surface area (Å²) in [5, 5.41) is 8.48. The van der Waals surface area contributed by atoms with Gasteiger partial charge >= 0.3 is 0 Å². The molecule has 0 saturated heterocycles. The molecule has 6 aromatic rings. The molecule has 0 saturated carbocycles. The van der Waals surface area contributed by atoms with Crippen molar-refractivity contribution < 1.29 is 9.13 Å². The van der Waals surface area contributed by atoms with Crippen molar-refractivity contribution in [3.8, 4) is 39.7 Å². The summed E-state index contributed by atoms with van der Waals surface area (Å²) in [6.45, 7) is 0.794. The lowest BCUT2D eigenvalue weighted by Crippen LogP contribution is -2.10. The Labute approximate surface area is 212 Å². The molecule has 0 unspecified atom stereocenters. The Bertz CT molecular complexity index is 1760. The van der Waals surface area contributed by atoms with Crippen LogP contribution in [0.15, 0.2) is 67.1 Å². The first kappa shape index (κ1) is 22.8. The highest BCUT2D eigenvalue weighted by atomic mass is 19.1. The maximum absolute atomic E-state index is 14.2. The average Bonchev–Trinajstić information content (AvgIpc) is 3.51. The zero-order chi connectivity index (χ0) is 25.5. The van der Waals surface area contributed by atoms with Gasteiger partial charge in [-0.15, -0.1) is 0 Å². The van der Waals surface area contributed by atoms with Crippen LogP contribution in [0.3, 0.4) is 0 Å². The molecular weight excluding hydrogens is 469 g/mol. The van der Waals surface area contributed by atoms with Gasteiger partial charge in [-0.3, -0.25) is 15.1 Å². The topological polar surface area (TPSA) is 95.6 Å². The summed E-state index contributed by atoms with van der Waals surface area (Å²) in [5.41, 5.74) is 8.03. The van der Waals surface area contributed by atoms with Gasteiger partial charge in [0.15, 0.2) is 0 Å². The predicted octanol–water partition coefficient (Wildman–Crippen LogP) is 5.44. The van der Waals surface area contributed by atoms with E-state index >= 15 is 0 Å². The summed E-state index contributed by atoms with van der Waals surface area (Å²) in [5.74, 6) is 0.0480. The Hall–Kier alpha value is -4.63. The number of aromatic amines is 2. The molecule has 0 amide bonds. The second-order valence-corrected chi connectivity index (χ2v) is 9.17. The molecule has 184 valence electrons. The summed E-state index contributed by atoms with van der Waals surface area (Å²) in [4.78, 5) is 19.4. The molecule has 2 N–H and O–H groups in total. The van der Waals surface area contributed by atoms with Gasteiger partial charge in [0.05, 0.1) is 29.7 Å². The molecule has 0 fully saturated rings. The van der Waals surface area contributed by atoms with Crippen molar-refractivity contribution in [2.45, 2.75) is 6.54 Å². The zero-order valence-electron chi connectivity index (χ0n) is 20.6. The number of nitrogens with zero attached hydrogens (tertiary/aromatic N) is 5. The van der Waals surface area contributed by atoms with Crippen LogP contribution in [-0.2, 0) is 6.54 Å². The van der Waals surface area contributed by atoms with E-state index < -0.39 is 0 Å². The number of hydrogen-bond acceptors (Lipinski definition) is 6. The Balaban J connectivity index is 1.45. The van der Waals surface area contributed by atoms with Crippen LogP contribution in [0.5, 0.6) is 5.75 Å². The number of benzene rings is 1. The van der Waals surface area contributed by atoms with Crippen LogP contribution in [0.1, 0.15) is 5.56 Å². The second kappa shape index (κ2) is 9.11. The molecule has 0 atom stereocenters. The molecule has 37 heavy (non-hydrogen) atoms. The Morgan fingerprint density at radius 1 is 0.946 bits per heavy atom. The number of nitrogens with one attached hydrogen (secondary N) is 2. The van der Waals surface area contributed by atoms with E-state index in [1.54, 1.807) is 12.3 Å². The maximum Gasteiger partial charge on any atom is 0.135 e. The number of rotatable bonds is 6. The van der Waals surface area contributed by atoms with E-state index in [1.165, 1.54) is 19.2 Å². The van der Waals surface area contributed by atoms with E-state index in [0.29, 0.717) is 22.7 Å². The molecule has 6 rings (SSSR count). The summed E-state index contributed by atoms with van der Waals surface area (Å²) in [6.07, 6.45) is 5.39. The van der Waals surface area contributed by atoms with E-state index in [2.05, 4.69) is 36.1 Å². The molecule has 0 radical (unpaired) electrons. The summed E-state index contributed by atoms with van der Waals surface area (Å²) >= 11 is 0. The van der Waals surface area contributed by atoms with Crippen LogP contribution in [0.25, 0.3) is 55.8 Å². The summed E-state index contributed by atoms with van der Waals surface area (Å²) < 4.78 is 19.5. The minimum Gasteiger partial charge on any atom is -0.497 e. The van der Waals surface area contributed by atoms with E-state index in [1.807, 2.05) is 50.8 Å². The molecule has 0 spiro atoms. The smallest absolute Gasteiger partial charge is 0.135 e. The van der Waals surface area contributed by atoms with Crippen molar-refractivity contribution in [2.75, 3.05) is 21.2 Å². The van der Waals surface area contributed by atoms with Crippen LogP contribution < -0.4 is 4.74 Å². The second-order valence-electron chi connectivity index (χ2n) is 9.17. The highest BCUT2D eigenvalue weighted by Gasteiger charge is 2.17. The number of fused-ring (bicyclic) bond motifs is 2. The van der Waals surface area contributed by atoms with Crippen LogP contribution in [0.4, 0.5) is 4.39 Å². The van der Waals surface area contributed by atoms with Crippen molar-refractivity contribution in [3.05, 3.63) is 78.5 Å². The number of aromatic nitrogens is 6. The molecule has 5 heterocycles. The number of ether oxygens (including phenoxy) is 1. The SMILES string of the molecule is COc1cc(F)cc(-c2nccc3[nH]c(-c4n[nH]c5ccc(-c6cncc(CN(C)C)c6)nc45)cc23)c1. The van der Waals surface area contributed by atoms with Gasteiger partial charge in [0.1, 0.15) is 22.8 Å². The van der Waals surface area contributed by atoms with Crippen LogP contribution in [-0.4, -0.2) is 56.2 Å². The normalized spacial score (nSPS) is 11.6. The van der Waals surface area contributed by atoms with E-state index in [0.717, 1.165) is 51.0 Å². The van der Waals surface area contributed by atoms with Crippen LogP contribution >= 0.6 is 0 Å². The molecule has 5 aromatic heterocycles. The van der Waals surface area contributed by atoms with Gasteiger partial charge in [-0.2, -0.15) is 5.10 Å². The molecule has 0 aliphatic heterocycles. The molecule has 0 aliphatic rings. The first-order valence-electron chi connectivity index (χ1n) is 11.8. The third kappa shape index (κ3) is 4.30. The van der Waals surface area contributed by atoms with Crippen LogP contribution in [0, 0.1) is 5.82 Å². The number of hydrogen-bond donors (Lipinski definition) is 2. The van der Waals surface area contributed by atoms with Gasteiger partial charge in [0.25, 0.3) is 0 Å². The molecule has 8 nitrogen and oxygen atoms in total. The molecular formula is C28H24FN7O. The maximum atomic E-state index is 14.2. The predicted molar refractivity (Wildman–Crippen MR) is 142 cm³/mol. The van der Waals surface area contributed by atoms with Crippen LogP contribution in [0.2, 0.25) is 0 Å². The van der Waals surface area contributed by atoms with Gasteiger partial charge in [0.2, 0.25) is 0 Å². The minimum atomic E-state index is -0.386. The highest BCUT2D eigenvalue weighted by molar-refractivity contribution is 5.99. The number of H-pyrrole nitrogens is 2. The fraction of sp³-hybridized carbons (Fsp3) is 0.143. The van der Waals surface area contributed by atoms with Crippen molar-refractivity contribution in [3.63, 3.8) is 0 Å². The first-order valence-corrected chi connectivity index (χ1v) is 11.8. The summed E-state index contributed by atoms with van der Waals surface area (Å²) in [6, 6.07) is 14.5. The lowest BCUT2D eigenvalue weighted by atomic mass is 10.1. The van der Waals surface area contributed by atoms with Crippen molar-refractivity contribution in [2.24, 2.45) is 0 Å². The van der Waals surface area contributed by atoms with Gasteiger partial charge in [-0.05, 0) is 62.1 Å². The van der Waals surface area contributed by atoms with E-state index in [-0.39, 0.29) is 5.82 Å². The Morgan fingerprint density at radius 3 is 2.68 bits per heavy atom. The third-order valence-electron chi connectivity index (χ3n) is 6.18. The van der Waals surface area contributed by atoms with Crippen molar-refractivity contribution >= 4 is 21.9 Å². The number of pyridine rings is 3. The number of halogens is 1. The monoisotopic (exact) mass is 493 g/mol. The minimum absolute atomic E-state index is 0.386. The molecule has 0 bridgehead atoms. The number of methoxy groups -OCH3 is 1. The third-order valence-corrected chi connectivity index (χ3v) is 6.18. The molecule has 0 aliphatic carbocycles. The van der Waals surface area contributed by atoms with Gasteiger partial charge in [-0.25, -0.2) is 9.37 Å². The van der Waals surface area contributed by atoms with Gasteiger partial charge in [-0.1, -0.05) is 0 Å². The van der Waals surface area contributed by atoms with Gasteiger partial charge < -0.3 is 14.6 Å². The zero-order valence-corrected chi connectivity index (χ0v) is 20.6. The van der Waals surface area contributed by atoms with Gasteiger partial charge in [0, 0.05) is 53.2 Å².